The number of anilines is 1. The Morgan fingerprint density at radius 1 is 1.30 bits per heavy atom. The summed E-state index contributed by atoms with van der Waals surface area (Å²) in [6.45, 7) is 6.12. The Labute approximate surface area is 159 Å². The molecule has 0 aliphatic rings. The highest BCUT2D eigenvalue weighted by atomic mass is 16.5. The largest absolute Gasteiger partial charge is 0.485 e. The number of imidazole rings is 1. The van der Waals surface area contributed by atoms with Gasteiger partial charge in [0.05, 0.1) is 17.8 Å². The third-order valence-electron chi connectivity index (χ3n) is 4.56. The van der Waals surface area contributed by atoms with Crippen LogP contribution in [0.1, 0.15) is 35.9 Å². The zero-order chi connectivity index (χ0) is 19.4. The fourth-order valence-electron chi connectivity index (χ4n) is 3.03. The van der Waals surface area contributed by atoms with E-state index in [1.807, 2.05) is 61.7 Å². The smallest absolute Gasteiger partial charge is 0.224 e. The summed E-state index contributed by atoms with van der Waals surface area (Å²) >= 11 is 0. The number of carbonyl (C=O) groups excluding carboxylic acids is 1. The lowest BCUT2D eigenvalue weighted by molar-refractivity contribution is -0.115. The van der Waals surface area contributed by atoms with Gasteiger partial charge in [0.25, 0.3) is 0 Å². The molecule has 0 saturated heterocycles. The van der Waals surface area contributed by atoms with Crippen LogP contribution in [0.15, 0.2) is 36.5 Å². The van der Waals surface area contributed by atoms with Crippen molar-refractivity contribution in [2.24, 2.45) is 0 Å². The van der Waals surface area contributed by atoms with Crippen molar-refractivity contribution in [3.05, 3.63) is 59.0 Å². The first-order chi connectivity index (χ1) is 13.0. The number of rotatable bonds is 6. The van der Waals surface area contributed by atoms with Crippen LogP contribution >= 0.6 is 0 Å². The van der Waals surface area contributed by atoms with Gasteiger partial charge in [-0.25, -0.2) is 4.98 Å². The zero-order valence-electron chi connectivity index (χ0n) is 15.9. The first kappa shape index (κ1) is 18.5. The van der Waals surface area contributed by atoms with E-state index in [4.69, 9.17) is 11.2 Å². The molecule has 27 heavy (non-hydrogen) atoms. The fourth-order valence-corrected chi connectivity index (χ4v) is 3.03. The summed E-state index contributed by atoms with van der Waals surface area (Å²) in [6.07, 6.45) is 8.36. The third kappa shape index (κ3) is 3.80. The third-order valence-corrected chi connectivity index (χ3v) is 4.56. The molecule has 0 bridgehead atoms. The van der Waals surface area contributed by atoms with E-state index in [9.17, 15) is 4.79 Å². The summed E-state index contributed by atoms with van der Waals surface area (Å²) < 4.78 is 8.08. The molecular formula is C22H23N3O2. The lowest BCUT2D eigenvalue weighted by Gasteiger charge is -2.15. The molecule has 0 unspecified atom stereocenters. The second-order valence-electron chi connectivity index (χ2n) is 6.38. The molecule has 5 nitrogen and oxygen atoms in total. The summed E-state index contributed by atoms with van der Waals surface area (Å²) in [5, 5.41) is 2.94. The van der Waals surface area contributed by atoms with Gasteiger partial charge in [-0.2, -0.15) is 0 Å². The normalized spacial score (nSPS) is 10.6. The molecule has 0 fully saturated rings. The second kappa shape index (κ2) is 7.96. The number of amides is 1. The van der Waals surface area contributed by atoms with Gasteiger partial charge in [0.15, 0.2) is 11.4 Å². The van der Waals surface area contributed by atoms with Gasteiger partial charge in [0.2, 0.25) is 5.91 Å². The summed E-state index contributed by atoms with van der Waals surface area (Å²) in [5.41, 5.74) is 5.42. The van der Waals surface area contributed by atoms with E-state index in [0.29, 0.717) is 25.2 Å². The molecule has 3 aromatic rings. The number of hydrogen-bond acceptors (Lipinski definition) is 3. The minimum Gasteiger partial charge on any atom is -0.485 e. The van der Waals surface area contributed by atoms with E-state index < -0.39 is 0 Å². The van der Waals surface area contributed by atoms with E-state index in [1.165, 1.54) is 0 Å². The Morgan fingerprint density at radius 2 is 2.11 bits per heavy atom. The van der Waals surface area contributed by atoms with Crippen LogP contribution in [-0.2, 0) is 17.8 Å². The summed E-state index contributed by atoms with van der Waals surface area (Å²) in [7, 11) is 0. The van der Waals surface area contributed by atoms with Crippen LogP contribution in [0.5, 0.6) is 5.75 Å². The molecule has 0 atom stereocenters. The first-order valence-corrected chi connectivity index (χ1v) is 8.96. The van der Waals surface area contributed by atoms with Crippen molar-refractivity contribution in [3.63, 3.8) is 0 Å². The Bertz CT molecular complexity index is 1030. The number of nitrogens with zero attached hydrogens (tertiary/aromatic N) is 2. The number of aryl methyl sites for hydroxylation is 2. The lowest BCUT2D eigenvalue weighted by atomic mass is 10.1. The highest BCUT2D eigenvalue weighted by Gasteiger charge is 2.14. The van der Waals surface area contributed by atoms with Crippen LogP contribution in [0, 0.1) is 26.2 Å². The average Bonchev–Trinajstić information content (AvgIpc) is 2.98. The number of hydrogen-bond donors (Lipinski definition) is 1. The van der Waals surface area contributed by atoms with Gasteiger partial charge in [0, 0.05) is 23.9 Å². The van der Waals surface area contributed by atoms with E-state index in [1.54, 1.807) is 0 Å². The molecule has 1 aromatic carbocycles. The Morgan fingerprint density at radius 3 is 2.85 bits per heavy atom. The molecule has 0 aliphatic carbocycles. The number of fused-ring (bicyclic) bond motifs is 1. The maximum atomic E-state index is 11.8. The Balaban J connectivity index is 1.91. The van der Waals surface area contributed by atoms with Gasteiger partial charge in [0.1, 0.15) is 6.61 Å². The fraction of sp³-hybridized carbons (Fsp3) is 0.273. The molecule has 5 heteroatoms. The van der Waals surface area contributed by atoms with Crippen LogP contribution in [0.25, 0.3) is 5.65 Å². The van der Waals surface area contributed by atoms with Gasteiger partial charge >= 0.3 is 0 Å². The van der Waals surface area contributed by atoms with Crippen molar-refractivity contribution in [1.82, 2.24) is 9.38 Å². The second-order valence-corrected chi connectivity index (χ2v) is 6.38. The molecule has 3 rings (SSSR count). The van der Waals surface area contributed by atoms with Crippen molar-refractivity contribution in [2.45, 2.75) is 40.2 Å². The van der Waals surface area contributed by atoms with Gasteiger partial charge in [-0.05, 0) is 37.6 Å². The van der Waals surface area contributed by atoms with Gasteiger partial charge < -0.3 is 10.1 Å². The molecule has 1 N–H and O–H groups in total. The minimum absolute atomic E-state index is 0.0215. The summed E-state index contributed by atoms with van der Waals surface area (Å²) in [5.74, 6) is 3.34. The number of ether oxygens (including phenoxy) is 1. The van der Waals surface area contributed by atoms with Crippen molar-refractivity contribution in [1.29, 1.82) is 0 Å². The number of pyridine rings is 1. The SMILES string of the molecule is C#CCc1c(C)nc2c(OCc3c(C)cccc3NC(=O)CC)cccn12. The van der Waals surface area contributed by atoms with Crippen LogP contribution in [-0.4, -0.2) is 15.3 Å². The van der Waals surface area contributed by atoms with Crippen molar-refractivity contribution in [2.75, 3.05) is 5.32 Å². The Hall–Kier alpha value is -3.26. The molecule has 2 heterocycles. The Kier molecular flexibility index (Phi) is 5.46. The standard InChI is InChI=1S/C22H23N3O2/c1-5-9-19-16(4)23-22-20(12-8-13-25(19)22)27-14-17-15(3)10-7-11-18(17)24-21(26)6-2/h1,7-8,10-13H,6,9,14H2,2-4H3,(H,24,26). The van der Waals surface area contributed by atoms with Gasteiger partial charge in [-0.1, -0.05) is 19.1 Å². The molecule has 2 aromatic heterocycles. The molecular weight excluding hydrogens is 338 g/mol. The quantitative estimate of drug-likeness (QED) is 0.674. The van der Waals surface area contributed by atoms with E-state index in [2.05, 4.69) is 16.2 Å². The van der Waals surface area contributed by atoms with Crippen LogP contribution in [0.3, 0.4) is 0 Å². The monoisotopic (exact) mass is 361 g/mol. The number of nitrogens with one attached hydrogen (secondary N) is 1. The van der Waals surface area contributed by atoms with Crippen LogP contribution < -0.4 is 10.1 Å². The topological polar surface area (TPSA) is 55.6 Å². The van der Waals surface area contributed by atoms with E-state index >= 15 is 0 Å². The highest BCUT2D eigenvalue weighted by Crippen LogP contribution is 2.26. The molecule has 138 valence electrons. The molecule has 0 radical (unpaired) electrons. The highest BCUT2D eigenvalue weighted by molar-refractivity contribution is 5.91. The summed E-state index contributed by atoms with van der Waals surface area (Å²) in [6, 6.07) is 9.63. The molecule has 0 spiro atoms. The maximum absolute atomic E-state index is 11.8. The minimum atomic E-state index is -0.0215. The van der Waals surface area contributed by atoms with Crippen molar-refractivity contribution < 1.29 is 9.53 Å². The average molecular weight is 361 g/mol. The molecule has 0 saturated carbocycles. The number of carbonyl (C=O) groups is 1. The van der Waals surface area contributed by atoms with Crippen molar-refractivity contribution in [3.8, 4) is 18.1 Å². The predicted octanol–water partition coefficient (Wildman–Crippen LogP) is 4.05. The molecule has 1 amide bonds. The van der Waals surface area contributed by atoms with Crippen LogP contribution in [0.4, 0.5) is 5.69 Å². The molecule has 0 aliphatic heterocycles. The number of terminal acetylenes is 1. The number of benzene rings is 1. The van der Waals surface area contributed by atoms with Gasteiger partial charge in [-0.15, -0.1) is 12.3 Å². The van der Waals surface area contributed by atoms with E-state index in [-0.39, 0.29) is 5.91 Å². The lowest BCUT2D eigenvalue weighted by Crippen LogP contribution is -2.13. The predicted molar refractivity (Wildman–Crippen MR) is 107 cm³/mol. The zero-order valence-corrected chi connectivity index (χ0v) is 15.9. The first-order valence-electron chi connectivity index (χ1n) is 8.96. The van der Waals surface area contributed by atoms with Gasteiger partial charge in [-0.3, -0.25) is 9.20 Å². The summed E-state index contributed by atoms with van der Waals surface area (Å²) in [4.78, 5) is 16.4. The van der Waals surface area contributed by atoms with Crippen LogP contribution in [0.2, 0.25) is 0 Å². The van der Waals surface area contributed by atoms with Crippen molar-refractivity contribution >= 4 is 17.2 Å². The van der Waals surface area contributed by atoms with E-state index in [0.717, 1.165) is 33.8 Å². The maximum Gasteiger partial charge on any atom is 0.224 e. The number of aromatic nitrogens is 2.